The minimum Gasteiger partial charge on any atom is -0.398 e. The maximum Gasteiger partial charge on any atom is 0.130 e. The molecule has 0 radical (unpaired) electrons. The number of pyridine rings is 1. The molecule has 0 amide bonds. The molecular formula is C12H20N4. The lowest BCUT2D eigenvalue weighted by molar-refractivity contribution is 0.315. The molecule has 1 saturated heterocycles. The largest absolute Gasteiger partial charge is 0.398 e. The number of aryl methyl sites for hydroxylation is 1. The van der Waals surface area contributed by atoms with E-state index >= 15 is 0 Å². The molecule has 4 nitrogen and oxygen atoms in total. The van der Waals surface area contributed by atoms with E-state index in [2.05, 4.69) is 28.9 Å². The summed E-state index contributed by atoms with van der Waals surface area (Å²) in [5, 5.41) is 0. The third-order valence-corrected chi connectivity index (χ3v) is 3.35. The highest BCUT2D eigenvalue weighted by Crippen LogP contribution is 2.23. The fourth-order valence-corrected chi connectivity index (χ4v) is 2.07. The number of rotatable bonds is 2. The van der Waals surface area contributed by atoms with Crippen molar-refractivity contribution in [3.63, 3.8) is 0 Å². The van der Waals surface area contributed by atoms with Gasteiger partial charge in [0.15, 0.2) is 0 Å². The van der Waals surface area contributed by atoms with E-state index in [4.69, 9.17) is 5.73 Å². The van der Waals surface area contributed by atoms with Gasteiger partial charge in [0, 0.05) is 37.1 Å². The molecule has 1 aromatic heterocycles. The van der Waals surface area contributed by atoms with Crippen LogP contribution in [0.1, 0.15) is 12.0 Å². The monoisotopic (exact) mass is 220 g/mol. The van der Waals surface area contributed by atoms with Crippen molar-refractivity contribution < 1.29 is 0 Å². The van der Waals surface area contributed by atoms with Gasteiger partial charge in [0.25, 0.3) is 0 Å². The first-order chi connectivity index (χ1) is 7.58. The summed E-state index contributed by atoms with van der Waals surface area (Å²) >= 11 is 0. The first-order valence-electron chi connectivity index (χ1n) is 5.71. The van der Waals surface area contributed by atoms with E-state index in [0.29, 0.717) is 6.04 Å². The van der Waals surface area contributed by atoms with Crippen molar-refractivity contribution in [2.75, 3.05) is 37.8 Å². The minimum atomic E-state index is 0.629. The van der Waals surface area contributed by atoms with Gasteiger partial charge in [-0.25, -0.2) is 4.98 Å². The van der Waals surface area contributed by atoms with Gasteiger partial charge >= 0.3 is 0 Å². The van der Waals surface area contributed by atoms with E-state index in [9.17, 15) is 0 Å². The lowest BCUT2D eigenvalue weighted by atomic mass is 10.2. The maximum atomic E-state index is 5.91. The van der Waals surface area contributed by atoms with Crippen molar-refractivity contribution in [1.29, 1.82) is 0 Å². The van der Waals surface area contributed by atoms with Gasteiger partial charge in [-0.15, -0.1) is 0 Å². The second kappa shape index (κ2) is 4.29. The van der Waals surface area contributed by atoms with E-state index < -0.39 is 0 Å². The molecule has 2 heterocycles. The van der Waals surface area contributed by atoms with Crippen LogP contribution in [-0.4, -0.2) is 43.1 Å². The van der Waals surface area contributed by atoms with Gasteiger partial charge in [-0.2, -0.15) is 0 Å². The van der Waals surface area contributed by atoms with Crippen LogP contribution in [0.25, 0.3) is 0 Å². The van der Waals surface area contributed by atoms with E-state index in [1.54, 1.807) is 0 Å². The van der Waals surface area contributed by atoms with E-state index in [1.165, 1.54) is 6.42 Å². The number of anilines is 2. The van der Waals surface area contributed by atoms with Crippen molar-refractivity contribution >= 4 is 11.5 Å². The Kier molecular flexibility index (Phi) is 3.01. The third-order valence-electron chi connectivity index (χ3n) is 3.35. The molecular weight excluding hydrogens is 200 g/mol. The summed E-state index contributed by atoms with van der Waals surface area (Å²) in [7, 11) is 4.26. The quantitative estimate of drug-likeness (QED) is 0.811. The molecule has 1 aliphatic rings. The minimum absolute atomic E-state index is 0.629. The van der Waals surface area contributed by atoms with Crippen LogP contribution in [0.15, 0.2) is 12.3 Å². The highest BCUT2D eigenvalue weighted by Gasteiger charge is 2.24. The number of nitrogens with zero attached hydrogens (tertiary/aromatic N) is 3. The Morgan fingerprint density at radius 2 is 2.25 bits per heavy atom. The predicted molar refractivity (Wildman–Crippen MR) is 67.7 cm³/mol. The highest BCUT2D eigenvalue weighted by atomic mass is 15.3. The third kappa shape index (κ3) is 2.11. The van der Waals surface area contributed by atoms with Crippen molar-refractivity contribution in [2.24, 2.45) is 0 Å². The molecule has 2 rings (SSSR count). The normalized spacial score (nSPS) is 20.8. The number of hydrogen-bond acceptors (Lipinski definition) is 4. The molecule has 1 aromatic rings. The molecule has 88 valence electrons. The summed E-state index contributed by atoms with van der Waals surface area (Å²) in [5.41, 5.74) is 7.79. The Morgan fingerprint density at radius 3 is 2.81 bits per heavy atom. The maximum absolute atomic E-state index is 5.91. The van der Waals surface area contributed by atoms with Crippen molar-refractivity contribution in [1.82, 2.24) is 9.88 Å². The molecule has 0 aromatic carbocycles. The molecule has 16 heavy (non-hydrogen) atoms. The summed E-state index contributed by atoms with van der Waals surface area (Å²) in [6.45, 7) is 4.10. The zero-order chi connectivity index (χ0) is 11.7. The SMILES string of the molecule is Cc1cnc(N2CCC(N(C)C)C2)cc1N. The Balaban J connectivity index is 2.11. The van der Waals surface area contributed by atoms with Gasteiger partial charge in [-0.3, -0.25) is 0 Å². The second-order valence-electron chi connectivity index (χ2n) is 4.75. The average molecular weight is 220 g/mol. The summed E-state index contributed by atoms with van der Waals surface area (Å²) in [6, 6.07) is 2.61. The Bertz CT molecular complexity index is 375. The number of nitrogens with two attached hydrogens (primary N) is 1. The van der Waals surface area contributed by atoms with Crippen LogP contribution in [0.3, 0.4) is 0 Å². The number of likely N-dealkylation sites (N-methyl/N-ethyl adjacent to an activating group) is 1. The molecule has 0 aliphatic carbocycles. The molecule has 1 unspecified atom stereocenters. The van der Waals surface area contributed by atoms with Gasteiger partial charge < -0.3 is 15.5 Å². The molecule has 1 atom stereocenters. The zero-order valence-electron chi connectivity index (χ0n) is 10.3. The fourth-order valence-electron chi connectivity index (χ4n) is 2.07. The van der Waals surface area contributed by atoms with Gasteiger partial charge in [0.05, 0.1) is 0 Å². The number of nitrogen functional groups attached to an aromatic ring is 1. The first-order valence-corrected chi connectivity index (χ1v) is 5.71. The lowest BCUT2D eigenvalue weighted by Gasteiger charge is -2.21. The van der Waals surface area contributed by atoms with Gasteiger partial charge in [-0.1, -0.05) is 0 Å². The van der Waals surface area contributed by atoms with Gasteiger partial charge in [-0.05, 0) is 33.0 Å². The first kappa shape index (κ1) is 11.2. The van der Waals surface area contributed by atoms with Crippen molar-refractivity contribution in [3.05, 3.63) is 17.8 Å². The average Bonchev–Trinajstić information content (AvgIpc) is 2.71. The summed E-state index contributed by atoms with van der Waals surface area (Å²) in [6.07, 6.45) is 3.05. The summed E-state index contributed by atoms with van der Waals surface area (Å²) in [5.74, 6) is 1.01. The van der Waals surface area contributed by atoms with Crippen LogP contribution in [-0.2, 0) is 0 Å². The molecule has 4 heteroatoms. The molecule has 2 N–H and O–H groups in total. The smallest absolute Gasteiger partial charge is 0.130 e. The zero-order valence-corrected chi connectivity index (χ0v) is 10.3. The number of hydrogen-bond donors (Lipinski definition) is 1. The molecule has 1 fully saturated rings. The fraction of sp³-hybridized carbons (Fsp3) is 0.583. The van der Waals surface area contributed by atoms with Crippen molar-refractivity contribution in [3.8, 4) is 0 Å². The molecule has 0 spiro atoms. The van der Waals surface area contributed by atoms with E-state index in [1.807, 2.05) is 19.2 Å². The van der Waals surface area contributed by atoms with E-state index in [-0.39, 0.29) is 0 Å². The highest BCUT2D eigenvalue weighted by molar-refractivity contribution is 5.55. The Hall–Kier alpha value is -1.29. The Labute approximate surface area is 97.1 Å². The molecule has 0 bridgehead atoms. The second-order valence-corrected chi connectivity index (χ2v) is 4.75. The van der Waals surface area contributed by atoms with Crippen LogP contribution in [0.4, 0.5) is 11.5 Å². The summed E-state index contributed by atoms with van der Waals surface area (Å²) in [4.78, 5) is 9.02. The van der Waals surface area contributed by atoms with Gasteiger partial charge in [0.1, 0.15) is 5.82 Å². The van der Waals surface area contributed by atoms with Crippen LogP contribution in [0.2, 0.25) is 0 Å². The van der Waals surface area contributed by atoms with Crippen LogP contribution in [0, 0.1) is 6.92 Å². The molecule has 1 aliphatic heterocycles. The van der Waals surface area contributed by atoms with Crippen LogP contribution >= 0.6 is 0 Å². The predicted octanol–water partition coefficient (Wildman–Crippen LogP) is 1.11. The summed E-state index contributed by atoms with van der Waals surface area (Å²) < 4.78 is 0. The van der Waals surface area contributed by atoms with E-state index in [0.717, 1.165) is 30.2 Å². The molecule has 0 saturated carbocycles. The van der Waals surface area contributed by atoms with Crippen molar-refractivity contribution in [2.45, 2.75) is 19.4 Å². The van der Waals surface area contributed by atoms with Crippen LogP contribution < -0.4 is 10.6 Å². The van der Waals surface area contributed by atoms with Crippen LogP contribution in [0.5, 0.6) is 0 Å². The van der Waals surface area contributed by atoms with Gasteiger partial charge in [0.2, 0.25) is 0 Å². The topological polar surface area (TPSA) is 45.4 Å². The standard InChI is InChI=1S/C12H20N4/c1-9-7-14-12(6-11(9)13)16-5-4-10(8-16)15(2)3/h6-7,10H,4-5,8H2,1-3H3,(H2,13,14). The number of aromatic nitrogens is 1. The lowest BCUT2D eigenvalue weighted by Crippen LogP contribution is -2.31. The Morgan fingerprint density at radius 1 is 1.50 bits per heavy atom.